The van der Waals surface area contributed by atoms with Crippen molar-refractivity contribution in [1.82, 2.24) is 30.5 Å². The summed E-state index contributed by atoms with van der Waals surface area (Å²) in [7, 11) is 1.60. The molecule has 2 aliphatic heterocycles. The van der Waals surface area contributed by atoms with Gasteiger partial charge in [-0.3, -0.25) is 14.5 Å². The molecule has 0 saturated carbocycles. The van der Waals surface area contributed by atoms with Crippen LogP contribution in [0.4, 0.5) is 11.5 Å². The molecule has 5 heterocycles. The molecule has 4 N–H and O–H groups in total. The van der Waals surface area contributed by atoms with Crippen molar-refractivity contribution in [2.45, 2.75) is 57.8 Å². The van der Waals surface area contributed by atoms with Crippen molar-refractivity contribution in [2.75, 3.05) is 25.5 Å². The standard InChI is InChI=1S/C37H37Cl2N7O4S/c1-20-16-27(44-36(50-2)25(20)18-40-17-21-11-12-30(47)42-21)24-8-3-6-22(32(24)38)23-7-4-9-26(33(23)39)43-35-34-29(13-14-41-35)51-31(45-34)19-46-15-5-10-28(46)37(48)49/h3-4,6-9,13-14,16,21,28,40H,5,10-12,15,17-19H2,1-2H3,(H,41,43)(H,42,47)(H,48,49)/t21-,28-/m0/s1. The number of nitrogens with one attached hydrogen (secondary N) is 3. The number of rotatable bonds is 12. The number of hydrogen-bond acceptors (Lipinski definition) is 10. The molecule has 11 nitrogen and oxygen atoms in total. The lowest BCUT2D eigenvalue weighted by molar-refractivity contribution is -0.142. The van der Waals surface area contributed by atoms with E-state index in [-0.39, 0.29) is 11.9 Å². The quantitative estimate of drug-likeness (QED) is 0.104. The average molecular weight is 747 g/mol. The number of carboxylic acid groups (broad SMARTS) is 1. The molecule has 0 aliphatic carbocycles. The van der Waals surface area contributed by atoms with Gasteiger partial charge in [0.05, 0.1) is 39.8 Å². The van der Waals surface area contributed by atoms with E-state index in [4.69, 9.17) is 37.9 Å². The van der Waals surface area contributed by atoms with Crippen LogP contribution >= 0.6 is 34.5 Å². The molecule has 1 amide bonds. The van der Waals surface area contributed by atoms with Gasteiger partial charge >= 0.3 is 5.97 Å². The van der Waals surface area contributed by atoms with Crippen LogP contribution in [-0.4, -0.2) is 69.1 Å². The van der Waals surface area contributed by atoms with Crippen LogP contribution in [0, 0.1) is 6.92 Å². The number of aryl methyl sites for hydroxylation is 1. The maximum atomic E-state index is 11.7. The molecule has 2 aliphatic rings. The van der Waals surface area contributed by atoms with E-state index in [1.54, 1.807) is 13.3 Å². The van der Waals surface area contributed by atoms with Gasteiger partial charge in [0.25, 0.3) is 0 Å². The summed E-state index contributed by atoms with van der Waals surface area (Å²) in [6, 6.07) is 15.0. The van der Waals surface area contributed by atoms with Crippen LogP contribution in [0.2, 0.25) is 10.0 Å². The first-order valence-corrected chi connectivity index (χ1v) is 18.4. The zero-order valence-electron chi connectivity index (χ0n) is 28.1. The minimum atomic E-state index is -0.793. The zero-order chi connectivity index (χ0) is 35.6. The highest BCUT2D eigenvalue weighted by Crippen LogP contribution is 2.43. The number of aliphatic carboxylic acids is 1. The van der Waals surface area contributed by atoms with Gasteiger partial charge in [-0.05, 0) is 56.5 Å². The summed E-state index contributed by atoms with van der Waals surface area (Å²) in [4.78, 5) is 39.5. The number of carbonyl (C=O) groups is 2. The number of ether oxygens (including phenoxy) is 1. The third-order valence-corrected chi connectivity index (χ3v) is 11.3. The first-order valence-electron chi connectivity index (χ1n) is 16.8. The number of likely N-dealkylation sites (tertiary alicyclic amines) is 1. The number of fused-ring (bicyclic) bond motifs is 1. The molecule has 0 spiro atoms. The molecule has 2 saturated heterocycles. The van der Waals surface area contributed by atoms with Crippen LogP contribution < -0.4 is 20.7 Å². The average Bonchev–Trinajstić information content (AvgIpc) is 3.87. The Hall–Kier alpha value is -4.33. The van der Waals surface area contributed by atoms with Crippen molar-refractivity contribution >= 4 is 68.1 Å². The molecule has 2 atom stereocenters. The third kappa shape index (κ3) is 7.38. The van der Waals surface area contributed by atoms with E-state index in [9.17, 15) is 14.7 Å². The van der Waals surface area contributed by atoms with Crippen LogP contribution in [0.1, 0.15) is 41.8 Å². The maximum Gasteiger partial charge on any atom is 0.320 e. The van der Waals surface area contributed by atoms with Crippen LogP contribution in [-0.2, 0) is 22.7 Å². The van der Waals surface area contributed by atoms with E-state index in [0.29, 0.717) is 71.1 Å². The lowest BCUT2D eigenvalue weighted by Gasteiger charge is -2.19. The van der Waals surface area contributed by atoms with Gasteiger partial charge in [-0.15, -0.1) is 11.3 Å². The van der Waals surface area contributed by atoms with Gasteiger partial charge in [0.2, 0.25) is 11.8 Å². The number of carboxylic acids is 1. The second-order valence-electron chi connectivity index (χ2n) is 12.8. The van der Waals surface area contributed by atoms with Gasteiger partial charge in [0.1, 0.15) is 16.6 Å². The summed E-state index contributed by atoms with van der Waals surface area (Å²) in [5.41, 5.74) is 6.17. The van der Waals surface area contributed by atoms with Gasteiger partial charge in [0, 0.05) is 54.0 Å². The summed E-state index contributed by atoms with van der Waals surface area (Å²) < 4.78 is 6.67. The SMILES string of the molecule is COc1nc(-c2cccc(-c3cccc(Nc4nccc5sc(CN6CCC[C@H]6C(=O)O)nc45)c3Cl)c2Cl)cc(C)c1CNC[C@@H]1CCC(=O)N1. The number of hydrogen-bond donors (Lipinski definition) is 4. The maximum absolute atomic E-state index is 11.7. The minimum Gasteiger partial charge on any atom is -0.481 e. The van der Waals surface area contributed by atoms with Crippen LogP contribution in [0.15, 0.2) is 54.7 Å². The van der Waals surface area contributed by atoms with Crippen molar-refractivity contribution in [1.29, 1.82) is 0 Å². The fraction of sp³-hybridized carbons (Fsp3) is 0.324. The van der Waals surface area contributed by atoms with Gasteiger partial charge in [-0.2, -0.15) is 0 Å². The number of pyridine rings is 2. The van der Waals surface area contributed by atoms with Gasteiger partial charge in [-0.25, -0.2) is 15.0 Å². The predicted molar refractivity (Wildman–Crippen MR) is 201 cm³/mol. The van der Waals surface area contributed by atoms with Crippen molar-refractivity contribution < 1.29 is 19.4 Å². The Morgan fingerprint density at radius 1 is 1.10 bits per heavy atom. The highest BCUT2D eigenvalue weighted by atomic mass is 35.5. The number of benzene rings is 2. The Morgan fingerprint density at radius 2 is 1.88 bits per heavy atom. The monoisotopic (exact) mass is 745 g/mol. The van der Waals surface area contributed by atoms with E-state index in [1.807, 2.05) is 60.4 Å². The third-order valence-electron chi connectivity index (χ3n) is 9.44. The fourth-order valence-electron chi connectivity index (χ4n) is 6.82. The van der Waals surface area contributed by atoms with Crippen molar-refractivity contribution in [3.05, 3.63) is 80.9 Å². The predicted octanol–water partition coefficient (Wildman–Crippen LogP) is 7.20. The van der Waals surface area contributed by atoms with Crippen LogP contribution in [0.5, 0.6) is 5.88 Å². The molecule has 264 valence electrons. The summed E-state index contributed by atoms with van der Waals surface area (Å²) in [6.45, 7) is 4.44. The minimum absolute atomic E-state index is 0.0943. The van der Waals surface area contributed by atoms with E-state index in [2.05, 4.69) is 20.9 Å². The second kappa shape index (κ2) is 15.1. The molecule has 2 fully saturated rings. The number of anilines is 2. The molecule has 3 aromatic heterocycles. The van der Waals surface area contributed by atoms with Crippen LogP contribution in [0.3, 0.4) is 0 Å². The molecule has 0 radical (unpaired) electrons. The van der Waals surface area contributed by atoms with Crippen molar-refractivity contribution in [3.63, 3.8) is 0 Å². The molecular formula is C37H37Cl2N7O4S. The molecule has 0 unspecified atom stereocenters. The zero-order valence-corrected chi connectivity index (χ0v) is 30.5. The normalized spacial score (nSPS) is 17.6. The van der Waals surface area contributed by atoms with Gasteiger partial charge in [0.15, 0.2) is 5.82 Å². The Balaban J connectivity index is 1.13. The molecule has 5 aromatic rings. The molecular weight excluding hydrogens is 709 g/mol. The smallest absolute Gasteiger partial charge is 0.320 e. The Morgan fingerprint density at radius 3 is 2.65 bits per heavy atom. The summed E-state index contributed by atoms with van der Waals surface area (Å²) >= 11 is 15.7. The number of nitrogens with zero attached hydrogens (tertiary/aromatic N) is 4. The summed E-state index contributed by atoms with van der Waals surface area (Å²) in [6.07, 6.45) is 4.62. The summed E-state index contributed by atoms with van der Waals surface area (Å²) in [5, 5.41) is 21.2. The lowest BCUT2D eigenvalue weighted by atomic mass is 9.99. The van der Waals surface area contributed by atoms with Gasteiger partial charge < -0.3 is 25.8 Å². The molecule has 0 bridgehead atoms. The highest BCUT2D eigenvalue weighted by Gasteiger charge is 2.31. The Labute approximate surface area is 309 Å². The Bertz CT molecular complexity index is 2130. The number of aromatic nitrogens is 3. The Kier molecular flexibility index (Phi) is 10.4. The van der Waals surface area contributed by atoms with E-state index in [0.717, 1.165) is 56.9 Å². The first kappa shape index (κ1) is 35.1. The number of thiazole rings is 1. The number of methoxy groups -OCH3 is 1. The largest absolute Gasteiger partial charge is 0.481 e. The molecule has 14 heteroatoms. The molecule has 7 rings (SSSR count). The lowest BCUT2D eigenvalue weighted by Crippen LogP contribution is -2.35. The van der Waals surface area contributed by atoms with E-state index < -0.39 is 12.0 Å². The fourth-order valence-corrected chi connectivity index (χ4v) is 8.41. The summed E-state index contributed by atoms with van der Waals surface area (Å²) in [5.74, 6) is 0.363. The van der Waals surface area contributed by atoms with E-state index >= 15 is 0 Å². The number of amides is 1. The topological polar surface area (TPSA) is 142 Å². The molecule has 2 aromatic carbocycles. The second-order valence-corrected chi connectivity index (χ2v) is 14.7. The molecule has 51 heavy (non-hydrogen) atoms. The number of carbonyl (C=O) groups excluding carboxylic acids is 1. The van der Waals surface area contributed by atoms with Crippen molar-refractivity contribution in [2.24, 2.45) is 0 Å². The first-order chi connectivity index (χ1) is 24.7. The van der Waals surface area contributed by atoms with Crippen LogP contribution in [0.25, 0.3) is 32.6 Å². The van der Waals surface area contributed by atoms with Gasteiger partial charge in [-0.1, -0.05) is 53.5 Å². The van der Waals surface area contributed by atoms with Crippen molar-refractivity contribution in [3.8, 4) is 28.3 Å². The van der Waals surface area contributed by atoms with E-state index in [1.165, 1.54) is 11.3 Å². The number of halogens is 2. The highest BCUT2D eigenvalue weighted by molar-refractivity contribution is 7.18.